The van der Waals surface area contributed by atoms with Crippen LogP contribution < -0.4 is 5.32 Å². The van der Waals surface area contributed by atoms with Crippen LogP contribution in [0.5, 0.6) is 0 Å². The second-order valence-corrected chi connectivity index (χ2v) is 3.55. The first-order valence-electron chi connectivity index (χ1n) is 5.36. The average Bonchev–Trinajstić information content (AvgIpc) is 2.73. The van der Waals surface area contributed by atoms with Crippen molar-refractivity contribution in [2.75, 3.05) is 11.9 Å². The fraction of sp³-hybridized carbons (Fsp3) is 0.364. The van der Waals surface area contributed by atoms with E-state index < -0.39 is 0 Å². The molecule has 5 heteroatoms. The first kappa shape index (κ1) is 10.6. The molecule has 84 valence electrons. The van der Waals surface area contributed by atoms with E-state index in [1.807, 2.05) is 23.9 Å². The quantitative estimate of drug-likeness (QED) is 0.846. The van der Waals surface area contributed by atoms with Gasteiger partial charge in [0.2, 0.25) is 5.95 Å². The fourth-order valence-corrected chi connectivity index (χ4v) is 1.42. The Morgan fingerprint density at radius 2 is 2.19 bits per heavy atom. The number of hydrogen-bond acceptors (Lipinski definition) is 4. The highest BCUT2D eigenvalue weighted by Gasteiger charge is 2.05. The molecule has 2 heterocycles. The van der Waals surface area contributed by atoms with Crippen molar-refractivity contribution in [2.24, 2.45) is 7.05 Å². The summed E-state index contributed by atoms with van der Waals surface area (Å²) < 4.78 is 1.94. The summed E-state index contributed by atoms with van der Waals surface area (Å²) >= 11 is 0. The van der Waals surface area contributed by atoms with Gasteiger partial charge < -0.3 is 9.88 Å². The van der Waals surface area contributed by atoms with Gasteiger partial charge in [0.25, 0.3) is 0 Å². The Hall–Kier alpha value is -1.91. The van der Waals surface area contributed by atoms with Gasteiger partial charge in [0.1, 0.15) is 5.69 Å². The summed E-state index contributed by atoms with van der Waals surface area (Å²) in [5.41, 5.74) is 0.834. The van der Waals surface area contributed by atoms with Gasteiger partial charge in [0, 0.05) is 32.2 Å². The van der Waals surface area contributed by atoms with Crippen LogP contribution in [0.15, 0.2) is 24.7 Å². The van der Waals surface area contributed by atoms with E-state index in [4.69, 9.17) is 0 Å². The normalized spacial score (nSPS) is 10.4. The lowest BCUT2D eigenvalue weighted by Crippen LogP contribution is -2.05. The van der Waals surface area contributed by atoms with Gasteiger partial charge >= 0.3 is 0 Å². The third-order valence-corrected chi connectivity index (χ3v) is 2.24. The van der Waals surface area contributed by atoms with E-state index in [1.165, 1.54) is 0 Å². The molecule has 0 amide bonds. The molecule has 0 aromatic carbocycles. The summed E-state index contributed by atoms with van der Waals surface area (Å²) in [5, 5.41) is 3.16. The number of aromatic nitrogens is 4. The summed E-state index contributed by atoms with van der Waals surface area (Å²) in [6, 6.07) is 1.86. The highest BCUT2D eigenvalue weighted by Crippen LogP contribution is 2.14. The molecule has 0 atom stereocenters. The number of rotatable bonds is 4. The second kappa shape index (κ2) is 4.74. The molecule has 0 aliphatic rings. The number of nitrogens with one attached hydrogen (secondary N) is 1. The van der Waals surface area contributed by atoms with Crippen molar-refractivity contribution in [1.82, 2.24) is 19.5 Å². The molecule has 5 nitrogen and oxygen atoms in total. The van der Waals surface area contributed by atoms with Crippen molar-refractivity contribution in [3.63, 3.8) is 0 Å². The minimum Gasteiger partial charge on any atom is -0.354 e. The van der Waals surface area contributed by atoms with Crippen molar-refractivity contribution < 1.29 is 0 Å². The van der Waals surface area contributed by atoms with Crippen molar-refractivity contribution in [3.05, 3.63) is 24.7 Å². The Morgan fingerprint density at radius 3 is 2.88 bits per heavy atom. The van der Waals surface area contributed by atoms with Gasteiger partial charge in [-0.3, -0.25) is 0 Å². The first-order valence-corrected chi connectivity index (χ1v) is 5.36. The van der Waals surface area contributed by atoms with E-state index in [0.29, 0.717) is 5.95 Å². The second-order valence-electron chi connectivity index (χ2n) is 3.55. The lowest BCUT2D eigenvalue weighted by Gasteiger charge is -2.05. The zero-order valence-electron chi connectivity index (χ0n) is 9.51. The minimum absolute atomic E-state index is 0.655. The van der Waals surface area contributed by atoms with Gasteiger partial charge in [-0.2, -0.15) is 0 Å². The number of hydrogen-bond donors (Lipinski definition) is 1. The van der Waals surface area contributed by atoms with Gasteiger partial charge in [0.05, 0.1) is 0 Å². The SMILES string of the molecule is CCCNc1nccc(-c2nccn2C)n1. The largest absolute Gasteiger partial charge is 0.354 e. The van der Waals surface area contributed by atoms with Crippen LogP contribution in [0.3, 0.4) is 0 Å². The van der Waals surface area contributed by atoms with E-state index in [-0.39, 0.29) is 0 Å². The number of imidazole rings is 1. The zero-order valence-corrected chi connectivity index (χ0v) is 9.51. The predicted molar refractivity (Wildman–Crippen MR) is 63.0 cm³/mol. The molecule has 16 heavy (non-hydrogen) atoms. The smallest absolute Gasteiger partial charge is 0.223 e. The van der Waals surface area contributed by atoms with E-state index in [9.17, 15) is 0 Å². The van der Waals surface area contributed by atoms with Gasteiger partial charge in [-0.15, -0.1) is 0 Å². The lowest BCUT2D eigenvalue weighted by atomic mass is 10.4. The molecular weight excluding hydrogens is 202 g/mol. The molecule has 0 aliphatic heterocycles. The van der Waals surface area contributed by atoms with Gasteiger partial charge in [0.15, 0.2) is 5.82 Å². The summed E-state index contributed by atoms with van der Waals surface area (Å²) in [6.07, 6.45) is 6.46. The molecule has 2 rings (SSSR count). The van der Waals surface area contributed by atoms with Gasteiger partial charge in [-0.25, -0.2) is 15.0 Å². The van der Waals surface area contributed by atoms with E-state index in [1.54, 1.807) is 12.4 Å². The minimum atomic E-state index is 0.655. The monoisotopic (exact) mass is 217 g/mol. The molecule has 2 aromatic rings. The van der Waals surface area contributed by atoms with Crippen LogP contribution in [-0.4, -0.2) is 26.1 Å². The van der Waals surface area contributed by atoms with Crippen LogP contribution in [0.4, 0.5) is 5.95 Å². The molecule has 0 saturated heterocycles. The van der Waals surface area contributed by atoms with Crippen LogP contribution >= 0.6 is 0 Å². The molecule has 0 saturated carbocycles. The highest BCUT2D eigenvalue weighted by molar-refractivity contribution is 5.51. The molecule has 0 spiro atoms. The maximum atomic E-state index is 4.41. The van der Waals surface area contributed by atoms with Crippen molar-refractivity contribution in [2.45, 2.75) is 13.3 Å². The van der Waals surface area contributed by atoms with Gasteiger partial charge in [-0.05, 0) is 12.5 Å². The standard InChI is InChI=1S/C11H15N5/c1-3-5-13-11-14-6-4-9(15-11)10-12-7-8-16(10)2/h4,6-8H,3,5H2,1-2H3,(H,13,14,15). The number of anilines is 1. The molecule has 0 bridgehead atoms. The summed E-state index contributed by atoms with van der Waals surface area (Å²) in [4.78, 5) is 12.8. The Labute approximate surface area is 94.6 Å². The molecule has 1 N–H and O–H groups in total. The number of nitrogens with zero attached hydrogens (tertiary/aromatic N) is 4. The Morgan fingerprint density at radius 1 is 1.31 bits per heavy atom. The Kier molecular flexibility index (Phi) is 3.14. The van der Waals surface area contributed by atoms with Crippen LogP contribution in [0.25, 0.3) is 11.5 Å². The van der Waals surface area contributed by atoms with Crippen LogP contribution in [0.2, 0.25) is 0 Å². The first-order chi connectivity index (χ1) is 7.81. The van der Waals surface area contributed by atoms with Crippen molar-refractivity contribution >= 4 is 5.95 Å². The third kappa shape index (κ3) is 2.18. The fourth-order valence-electron chi connectivity index (χ4n) is 1.42. The van der Waals surface area contributed by atoms with Crippen LogP contribution in [0, 0.1) is 0 Å². The van der Waals surface area contributed by atoms with Crippen LogP contribution in [-0.2, 0) is 7.05 Å². The molecule has 0 unspecified atom stereocenters. The summed E-state index contributed by atoms with van der Waals surface area (Å²) in [7, 11) is 1.95. The maximum Gasteiger partial charge on any atom is 0.223 e. The molecule has 0 fully saturated rings. The lowest BCUT2D eigenvalue weighted by molar-refractivity contribution is 0.910. The Balaban J connectivity index is 2.26. The zero-order chi connectivity index (χ0) is 11.4. The molecular formula is C11H15N5. The molecule has 2 aromatic heterocycles. The van der Waals surface area contributed by atoms with Gasteiger partial charge in [-0.1, -0.05) is 6.92 Å². The third-order valence-electron chi connectivity index (χ3n) is 2.24. The van der Waals surface area contributed by atoms with Crippen molar-refractivity contribution in [1.29, 1.82) is 0 Å². The summed E-state index contributed by atoms with van der Waals surface area (Å²) in [6.45, 7) is 2.99. The maximum absolute atomic E-state index is 4.41. The average molecular weight is 217 g/mol. The van der Waals surface area contributed by atoms with E-state index in [0.717, 1.165) is 24.5 Å². The van der Waals surface area contributed by atoms with E-state index in [2.05, 4.69) is 27.2 Å². The van der Waals surface area contributed by atoms with Crippen LogP contribution in [0.1, 0.15) is 13.3 Å². The topological polar surface area (TPSA) is 55.6 Å². The summed E-state index contributed by atoms with van der Waals surface area (Å²) in [5.74, 6) is 1.50. The molecule has 0 radical (unpaired) electrons. The number of aryl methyl sites for hydroxylation is 1. The molecule has 0 aliphatic carbocycles. The highest BCUT2D eigenvalue weighted by atomic mass is 15.1. The van der Waals surface area contributed by atoms with Crippen molar-refractivity contribution in [3.8, 4) is 11.5 Å². The predicted octanol–water partition coefficient (Wildman–Crippen LogP) is 1.70. The van der Waals surface area contributed by atoms with E-state index >= 15 is 0 Å². The Bertz CT molecular complexity index is 463.